The summed E-state index contributed by atoms with van der Waals surface area (Å²) in [5, 5.41) is 0. The summed E-state index contributed by atoms with van der Waals surface area (Å²) < 4.78 is 0. The Morgan fingerprint density at radius 3 is 2.62 bits per heavy atom. The Morgan fingerprint density at radius 1 is 1.44 bits per heavy atom. The molecule has 3 nitrogen and oxygen atoms in total. The molecule has 1 atom stereocenters. The van der Waals surface area contributed by atoms with Crippen molar-refractivity contribution in [1.29, 1.82) is 0 Å². The number of amides is 1. The van der Waals surface area contributed by atoms with Crippen LogP contribution in [0.1, 0.15) is 45.4 Å². The first-order valence-electron chi connectivity index (χ1n) is 6.71. The molecule has 0 spiro atoms. The van der Waals surface area contributed by atoms with Gasteiger partial charge in [0.15, 0.2) is 0 Å². The second-order valence-corrected chi connectivity index (χ2v) is 5.51. The van der Waals surface area contributed by atoms with Gasteiger partial charge >= 0.3 is 0 Å². The van der Waals surface area contributed by atoms with Crippen LogP contribution in [0.15, 0.2) is 0 Å². The van der Waals surface area contributed by atoms with Crippen LogP contribution in [0.25, 0.3) is 0 Å². The van der Waals surface area contributed by atoms with Gasteiger partial charge in [0.05, 0.1) is 5.41 Å². The van der Waals surface area contributed by atoms with Gasteiger partial charge in [0.1, 0.15) is 0 Å². The number of rotatable bonds is 3. The van der Waals surface area contributed by atoms with Gasteiger partial charge in [-0.15, -0.1) is 0 Å². The lowest BCUT2D eigenvalue weighted by molar-refractivity contribution is -0.140. The lowest BCUT2D eigenvalue weighted by Gasteiger charge is -2.31. The zero-order chi connectivity index (χ0) is 11.6. The van der Waals surface area contributed by atoms with Gasteiger partial charge in [-0.3, -0.25) is 4.79 Å². The van der Waals surface area contributed by atoms with Gasteiger partial charge in [-0.05, 0) is 25.2 Å². The second-order valence-electron chi connectivity index (χ2n) is 5.51. The highest BCUT2D eigenvalue weighted by Crippen LogP contribution is 2.39. The summed E-state index contributed by atoms with van der Waals surface area (Å²) in [5.74, 6) is 1.07. The van der Waals surface area contributed by atoms with Gasteiger partial charge in [-0.2, -0.15) is 0 Å². The van der Waals surface area contributed by atoms with E-state index >= 15 is 0 Å². The Kier molecular flexibility index (Phi) is 3.53. The van der Waals surface area contributed by atoms with E-state index in [1.54, 1.807) is 0 Å². The van der Waals surface area contributed by atoms with E-state index in [1.807, 2.05) is 0 Å². The smallest absolute Gasteiger partial charge is 0.230 e. The summed E-state index contributed by atoms with van der Waals surface area (Å²) in [4.78, 5) is 14.6. The van der Waals surface area contributed by atoms with E-state index in [0.29, 0.717) is 12.5 Å². The van der Waals surface area contributed by atoms with Gasteiger partial charge < -0.3 is 10.6 Å². The average Bonchev–Trinajstić information content (AvgIpc) is 2.98. The minimum Gasteiger partial charge on any atom is -0.342 e. The monoisotopic (exact) mass is 224 g/mol. The minimum atomic E-state index is -0.192. The quantitative estimate of drug-likeness (QED) is 0.794. The Morgan fingerprint density at radius 2 is 2.12 bits per heavy atom. The molecule has 2 N–H and O–H groups in total. The number of carbonyl (C=O) groups excluding carboxylic acids is 1. The van der Waals surface area contributed by atoms with Crippen molar-refractivity contribution in [3.8, 4) is 0 Å². The van der Waals surface area contributed by atoms with Crippen molar-refractivity contribution in [2.24, 2.45) is 17.1 Å². The van der Waals surface area contributed by atoms with Crippen molar-refractivity contribution >= 4 is 5.91 Å². The summed E-state index contributed by atoms with van der Waals surface area (Å²) in [6, 6.07) is 0. The summed E-state index contributed by atoms with van der Waals surface area (Å²) in [6.45, 7) is 4.68. The van der Waals surface area contributed by atoms with E-state index in [4.69, 9.17) is 5.73 Å². The van der Waals surface area contributed by atoms with Crippen molar-refractivity contribution in [1.82, 2.24) is 4.90 Å². The molecule has 1 aliphatic carbocycles. The van der Waals surface area contributed by atoms with Crippen LogP contribution in [0, 0.1) is 11.3 Å². The number of nitrogens with zero attached hydrogens (tertiary/aromatic N) is 1. The predicted molar refractivity (Wildman–Crippen MR) is 64.9 cm³/mol. The molecule has 3 heteroatoms. The molecular formula is C13H24N2O. The maximum atomic E-state index is 12.5. The third kappa shape index (κ3) is 1.97. The van der Waals surface area contributed by atoms with Gasteiger partial charge in [-0.1, -0.05) is 26.2 Å². The van der Waals surface area contributed by atoms with Crippen molar-refractivity contribution in [3.05, 3.63) is 0 Å². The molecule has 2 rings (SSSR count). The fourth-order valence-corrected chi connectivity index (χ4v) is 3.24. The number of hydrogen-bond acceptors (Lipinski definition) is 2. The molecule has 0 aromatic carbocycles. The summed E-state index contributed by atoms with van der Waals surface area (Å²) in [7, 11) is 0. The van der Waals surface area contributed by atoms with Gasteiger partial charge in [0, 0.05) is 19.6 Å². The van der Waals surface area contributed by atoms with Crippen molar-refractivity contribution in [2.45, 2.75) is 45.4 Å². The third-order valence-corrected chi connectivity index (χ3v) is 4.56. The number of carbonyl (C=O) groups is 1. The fraction of sp³-hybridized carbons (Fsp3) is 0.923. The lowest BCUT2D eigenvalue weighted by atomic mass is 9.84. The molecule has 1 saturated heterocycles. The Hall–Kier alpha value is -0.570. The average molecular weight is 224 g/mol. The van der Waals surface area contributed by atoms with Crippen molar-refractivity contribution in [2.75, 3.05) is 19.6 Å². The van der Waals surface area contributed by atoms with Gasteiger partial charge in [0.2, 0.25) is 5.91 Å². The summed E-state index contributed by atoms with van der Waals surface area (Å²) in [6.07, 6.45) is 6.75. The number of hydrogen-bond donors (Lipinski definition) is 1. The van der Waals surface area contributed by atoms with Crippen molar-refractivity contribution in [3.63, 3.8) is 0 Å². The van der Waals surface area contributed by atoms with Crippen LogP contribution in [0.4, 0.5) is 0 Å². The first kappa shape index (κ1) is 11.9. The van der Waals surface area contributed by atoms with E-state index in [0.717, 1.165) is 31.8 Å². The molecule has 2 fully saturated rings. The highest BCUT2D eigenvalue weighted by molar-refractivity contribution is 5.83. The molecule has 0 aromatic rings. The molecule has 1 saturated carbocycles. The Bertz CT molecular complexity index is 259. The van der Waals surface area contributed by atoms with Crippen LogP contribution in [0.2, 0.25) is 0 Å². The first-order chi connectivity index (χ1) is 7.72. The van der Waals surface area contributed by atoms with Crippen LogP contribution in [0.5, 0.6) is 0 Å². The first-order valence-corrected chi connectivity index (χ1v) is 6.71. The van der Waals surface area contributed by atoms with Crippen LogP contribution < -0.4 is 5.73 Å². The zero-order valence-electron chi connectivity index (χ0n) is 10.4. The highest BCUT2D eigenvalue weighted by Gasteiger charge is 2.43. The maximum Gasteiger partial charge on any atom is 0.230 e. The molecular weight excluding hydrogens is 200 g/mol. The minimum absolute atomic E-state index is 0.192. The van der Waals surface area contributed by atoms with Crippen LogP contribution in [-0.4, -0.2) is 30.4 Å². The molecule has 16 heavy (non-hydrogen) atoms. The maximum absolute atomic E-state index is 12.5. The second kappa shape index (κ2) is 4.74. The van der Waals surface area contributed by atoms with E-state index < -0.39 is 0 Å². The normalized spacial score (nSPS) is 28.6. The number of nitrogens with two attached hydrogens (primary N) is 1. The van der Waals surface area contributed by atoms with Gasteiger partial charge in [0.25, 0.3) is 0 Å². The molecule has 1 heterocycles. The standard InChI is InChI=1S/C13H24N2O/c1-2-11-5-8-15(9-11)12(16)13(10-14)6-3-4-7-13/h11H,2-10,14H2,1H3. The number of likely N-dealkylation sites (tertiary alicyclic amines) is 1. The predicted octanol–water partition coefficient (Wildman–Crippen LogP) is 1.76. The molecule has 2 aliphatic rings. The summed E-state index contributed by atoms with van der Waals surface area (Å²) >= 11 is 0. The largest absolute Gasteiger partial charge is 0.342 e. The lowest BCUT2D eigenvalue weighted by Crippen LogP contribution is -2.45. The molecule has 1 aliphatic heterocycles. The van der Waals surface area contributed by atoms with Crippen LogP contribution in [-0.2, 0) is 4.79 Å². The molecule has 0 bridgehead atoms. The Labute approximate surface area is 98.4 Å². The molecule has 92 valence electrons. The van der Waals surface area contributed by atoms with Crippen LogP contribution in [0.3, 0.4) is 0 Å². The Balaban J connectivity index is 2.01. The van der Waals surface area contributed by atoms with Crippen LogP contribution >= 0.6 is 0 Å². The molecule has 0 radical (unpaired) electrons. The molecule has 0 aromatic heterocycles. The third-order valence-electron chi connectivity index (χ3n) is 4.56. The molecule has 1 unspecified atom stereocenters. The van der Waals surface area contributed by atoms with E-state index in [-0.39, 0.29) is 5.41 Å². The fourth-order valence-electron chi connectivity index (χ4n) is 3.24. The van der Waals surface area contributed by atoms with E-state index in [9.17, 15) is 4.79 Å². The SMILES string of the molecule is CCC1CCN(C(=O)C2(CN)CCCC2)C1. The van der Waals surface area contributed by atoms with Crippen molar-refractivity contribution < 1.29 is 4.79 Å². The zero-order valence-corrected chi connectivity index (χ0v) is 10.4. The highest BCUT2D eigenvalue weighted by atomic mass is 16.2. The topological polar surface area (TPSA) is 46.3 Å². The van der Waals surface area contributed by atoms with E-state index in [2.05, 4.69) is 11.8 Å². The van der Waals surface area contributed by atoms with Gasteiger partial charge in [-0.25, -0.2) is 0 Å². The summed E-state index contributed by atoms with van der Waals surface area (Å²) in [5.41, 5.74) is 5.67. The van der Waals surface area contributed by atoms with E-state index in [1.165, 1.54) is 25.7 Å². The molecule has 1 amide bonds.